The number of nitrogens with one attached hydrogen (secondary N) is 2. The Morgan fingerprint density at radius 2 is 2.16 bits per heavy atom. The summed E-state index contributed by atoms with van der Waals surface area (Å²) in [4.78, 5) is 14.0. The van der Waals surface area contributed by atoms with Gasteiger partial charge in [0.15, 0.2) is 0 Å². The van der Waals surface area contributed by atoms with E-state index in [2.05, 4.69) is 25.3 Å². The molecule has 0 amide bonds. The number of nitrogens with zero attached hydrogens (tertiary/aromatic N) is 4. The van der Waals surface area contributed by atoms with Gasteiger partial charge in [0.05, 0.1) is 24.3 Å². The van der Waals surface area contributed by atoms with E-state index in [9.17, 15) is 17.6 Å². The minimum absolute atomic E-state index is 0.0390. The highest BCUT2D eigenvalue weighted by atomic mass is 32.2. The molecule has 1 aliphatic heterocycles. The molecule has 25 heavy (non-hydrogen) atoms. The minimum atomic E-state index is -4.61. The Balaban J connectivity index is 1.85. The lowest BCUT2D eigenvalue weighted by Gasteiger charge is -2.33. The quantitative estimate of drug-likeness (QED) is 0.632. The average molecular weight is 376 g/mol. The molecule has 2 N–H and O–H groups in total. The van der Waals surface area contributed by atoms with Crippen LogP contribution in [0.2, 0.25) is 0 Å². The molecule has 11 heteroatoms. The number of rotatable bonds is 4. The van der Waals surface area contributed by atoms with Gasteiger partial charge >= 0.3 is 6.18 Å². The third-order valence-corrected chi connectivity index (χ3v) is 4.77. The van der Waals surface area contributed by atoms with Crippen LogP contribution in [0.25, 0.3) is 11.4 Å². The van der Waals surface area contributed by atoms with Gasteiger partial charge in [-0.05, 0) is 12.7 Å². The topological polar surface area (TPSA) is 69.7 Å². The first-order valence-corrected chi connectivity index (χ1v) is 8.69. The lowest BCUT2D eigenvalue weighted by Crippen LogP contribution is -2.45. The predicted octanol–water partition coefficient (Wildman–Crippen LogP) is 2.99. The van der Waals surface area contributed by atoms with Gasteiger partial charge in [-0.25, -0.2) is 23.6 Å². The Bertz CT molecular complexity index is 708. The van der Waals surface area contributed by atoms with Crippen LogP contribution in [0.3, 0.4) is 0 Å². The van der Waals surface area contributed by atoms with Crippen LogP contribution in [0.4, 0.5) is 23.5 Å². The minimum Gasteiger partial charge on any atom is -0.348 e. The van der Waals surface area contributed by atoms with Gasteiger partial charge in [-0.3, -0.25) is 0 Å². The number of piperidine rings is 1. The highest BCUT2D eigenvalue weighted by Crippen LogP contribution is 2.35. The van der Waals surface area contributed by atoms with Gasteiger partial charge in [-0.15, -0.1) is 0 Å². The van der Waals surface area contributed by atoms with E-state index in [4.69, 9.17) is 0 Å². The molecule has 0 aromatic carbocycles. The summed E-state index contributed by atoms with van der Waals surface area (Å²) in [5.41, 5.74) is -1.18. The smallest absolute Gasteiger partial charge is 0.348 e. The summed E-state index contributed by atoms with van der Waals surface area (Å²) in [6, 6.07) is -0.547. The third kappa shape index (κ3) is 4.03. The summed E-state index contributed by atoms with van der Waals surface area (Å²) in [6.45, 7) is 0.917. The van der Waals surface area contributed by atoms with Crippen molar-refractivity contribution in [2.24, 2.45) is 0 Å². The van der Waals surface area contributed by atoms with Crippen LogP contribution in [0.5, 0.6) is 0 Å². The highest BCUT2D eigenvalue weighted by Gasteiger charge is 2.36. The molecular formula is C14H16F4N6S. The second-order valence-electron chi connectivity index (χ2n) is 5.54. The molecule has 0 bridgehead atoms. The molecule has 0 spiro atoms. The number of aromatic amines is 1. The maximum Gasteiger partial charge on any atom is 0.420 e. The fraction of sp³-hybridized carbons (Fsp3) is 0.500. The van der Waals surface area contributed by atoms with Gasteiger partial charge in [-0.2, -0.15) is 13.2 Å². The number of aromatic nitrogens is 4. The molecule has 1 aliphatic rings. The van der Waals surface area contributed by atoms with E-state index in [1.165, 1.54) is 24.5 Å². The van der Waals surface area contributed by atoms with Crippen LogP contribution in [0.15, 0.2) is 18.7 Å². The van der Waals surface area contributed by atoms with Gasteiger partial charge in [0.1, 0.15) is 17.4 Å². The van der Waals surface area contributed by atoms with Crippen molar-refractivity contribution in [1.82, 2.24) is 24.2 Å². The number of H-pyrrole nitrogens is 1. The van der Waals surface area contributed by atoms with E-state index in [1.54, 1.807) is 0 Å². The molecule has 0 saturated carbocycles. The molecule has 1 fully saturated rings. The highest BCUT2D eigenvalue weighted by molar-refractivity contribution is 7.96. The summed E-state index contributed by atoms with van der Waals surface area (Å²) in [5, 5.41) is 2.82. The van der Waals surface area contributed by atoms with Crippen molar-refractivity contribution in [3.63, 3.8) is 0 Å². The van der Waals surface area contributed by atoms with Gasteiger partial charge in [0.25, 0.3) is 0 Å². The predicted molar refractivity (Wildman–Crippen MR) is 86.6 cm³/mol. The number of hydrogen-bond donors (Lipinski definition) is 2. The first-order chi connectivity index (χ1) is 11.9. The van der Waals surface area contributed by atoms with E-state index < -0.39 is 24.0 Å². The molecule has 136 valence electrons. The maximum atomic E-state index is 14.2. The fourth-order valence-corrected chi connectivity index (χ4v) is 3.20. The van der Waals surface area contributed by atoms with E-state index >= 15 is 0 Å². The van der Waals surface area contributed by atoms with Crippen LogP contribution in [-0.2, 0) is 6.18 Å². The number of halogens is 4. The second kappa shape index (κ2) is 7.16. The molecule has 6 nitrogen and oxygen atoms in total. The average Bonchev–Trinajstić information content (AvgIpc) is 3.10. The Labute approximate surface area is 145 Å². The van der Waals surface area contributed by atoms with Gasteiger partial charge in [0.2, 0.25) is 5.95 Å². The van der Waals surface area contributed by atoms with E-state index in [0.29, 0.717) is 19.2 Å². The summed E-state index contributed by atoms with van der Waals surface area (Å²) >= 11 is 1.46. The van der Waals surface area contributed by atoms with Crippen LogP contribution >= 0.6 is 11.9 Å². The summed E-state index contributed by atoms with van der Waals surface area (Å²) in [7, 11) is 0. The number of alkyl halides is 4. The van der Waals surface area contributed by atoms with E-state index in [0.717, 1.165) is 0 Å². The van der Waals surface area contributed by atoms with Crippen molar-refractivity contribution in [3.05, 3.63) is 24.3 Å². The molecule has 2 atom stereocenters. The van der Waals surface area contributed by atoms with Gasteiger partial charge in [0, 0.05) is 19.3 Å². The second-order valence-corrected chi connectivity index (χ2v) is 6.43. The zero-order chi connectivity index (χ0) is 18.0. The first kappa shape index (κ1) is 17.9. The molecule has 2 aromatic heterocycles. The van der Waals surface area contributed by atoms with Crippen LogP contribution < -0.4 is 5.32 Å². The Kier molecular flexibility index (Phi) is 5.13. The Morgan fingerprint density at radius 1 is 1.36 bits per heavy atom. The monoisotopic (exact) mass is 376 g/mol. The van der Waals surface area contributed by atoms with Crippen molar-refractivity contribution >= 4 is 17.9 Å². The molecule has 3 heterocycles. The largest absolute Gasteiger partial charge is 0.420 e. The summed E-state index contributed by atoms with van der Waals surface area (Å²) in [5.74, 6) is -0.0390. The first-order valence-electron chi connectivity index (χ1n) is 7.51. The summed E-state index contributed by atoms with van der Waals surface area (Å²) in [6.07, 6.45) is -0.178. The third-order valence-electron chi connectivity index (χ3n) is 3.92. The molecule has 0 aliphatic carbocycles. The van der Waals surface area contributed by atoms with Crippen molar-refractivity contribution in [2.45, 2.75) is 24.8 Å². The Hall–Kier alpha value is -1.88. The maximum absolute atomic E-state index is 14.2. The van der Waals surface area contributed by atoms with Crippen molar-refractivity contribution in [2.75, 3.05) is 24.7 Å². The molecular weight excluding hydrogens is 360 g/mol. The van der Waals surface area contributed by atoms with E-state index in [1.807, 2.05) is 10.6 Å². The number of hydrogen-bond acceptors (Lipinski definition) is 6. The van der Waals surface area contributed by atoms with Crippen LogP contribution in [-0.4, -0.2) is 55.8 Å². The summed E-state index contributed by atoms with van der Waals surface area (Å²) < 4.78 is 55.7. The zero-order valence-corrected chi connectivity index (χ0v) is 14.0. The molecule has 2 unspecified atom stereocenters. The lowest BCUT2D eigenvalue weighted by atomic mass is 10.1. The number of anilines is 1. The molecule has 2 aromatic rings. The number of imidazole rings is 1. The van der Waals surface area contributed by atoms with E-state index in [-0.39, 0.29) is 23.9 Å². The standard InChI is InChI=1S/C14H16F4N6S/c1-25-24-3-2-10(9(15)6-24)22-13-20-4-8(14(16,17)18)12(23-13)11-5-19-7-21-11/h4-5,7,9-10H,2-3,6H2,1H3,(H,19,21)(H,20,22,23). The van der Waals surface area contributed by atoms with Gasteiger partial charge < -0.3 is 10.3 Å². The van der Waals surface area contributed by atoms with Crippen LogP contribution in [0, 0.1) is 0 Å². The van der Waals surface area contributed by atoms with Crippen molar-refractivity contribution in [3.8, 4) is 11.4 Å². The molecule has 1 saturated heterocycles. The van der Waals surface area contributed by atoms with Crippen LogP contribution in [0.1, 0.15) is 12.0 Å². The molecule has 3 rings (SSSR count). The van der Waals surface area contributed by atoms with Crippen molar-refractivity contribution < 1.29 is 17.6 Å². The van der Waals surface area contributed by atoms with Crippen molar-refractivity contribution in [1.29, 1.82) is 0 Å². The molecule has 0 radical (unpaired) electrons. The zero-order valence-electron chi connectivity index (χ0n) is 13.2. The SMILES string of the molecule is CSN1CCC(Nc2ncc(C(F)(F)F)c(-c3cnc[nH]3)n2)C(F)C1. The Morgan fingerprint density at radius 3 is 2.76 bits per heavy atom. The lowest BCUT2D eigenvalue weighted by molar-refractivity contribution is -0.137. The van der Waals surface area contributed by atoms with Gasteiger partial charge in [-0.1, -0.05) is 11.9 Å². The normalized spacial score (nSPS) is 22.1. The fourth-order valence-electron chi connectivity index (χ4n) is 2.62.